The van der Waals surface area contributed by atoms with Crippen molar-refractivity contribution in [3.05, 3.63) is 68.6 Å². The first kappa shape index (κ1) is 20.2. The lowest BCUT2D eigenvalue weighted by Gasteiger charge is -2.30. The number of fused-ring (bicyclic) bond motifs is 2. The molecule has 0 radical (unpaired) electrons. The zero-order chi connectivity index (χ0) is 22.5. The van der Waals surface area contributed by atoms with E-state index in [4.69, 9.17) is 0 Å². The number of hydrogen-bond donors (Lipinski definition) is 1. The van der Waals surface area contributed by atoms with Crippen LogP contribution in [0.2, 0.25) is 0 Å². The van der Waals surface area contributed by atoms with E-state index in [-0.39, 0.29) is 23.2 Å². The number of aryl methyl sites for hydroxylation is 1. The van der Waals surface area contributed by atoms with Gasteiger partial charge < -0.3 is 4.90 Å². The average molecular weight is 465 g/mol. The Balaban J connectivity index is 1.15. The minimum Gasteiger partial charge on any atom is -0.339 e. The summed E-state index contributed by atoms with van der Waals surface area (Å²) < 4.78 is 15.9. The molecule has 1 fully saturated rings. The Bertz CT molecular complexity index is 1430. The SMILES string of the molecule is O=C(c1cnn(-c2nc3c(c(=O)[nH]2)CCC3)c1)N1CCC(c2nc3cc(F)ccc3s2)CC1. The fraction of sp³-hybridized carbons (Fsp3) is 0.348. The Labute approximate surface area is 192 Å². The first-order chi connectivity index (χ1) is 16.0. The van der Waals surface area contributed by atoms with Crippen LogP contribution in [-0.2, 0) is 12.8 Å². The third-order valence-corrected chi connectivity index (χ3v) is 7.67. The highest BCUT2D eigenvalue weighted by Crippen LogP contribution is 2.34. The molecule has 1 aliphatic heterocycles. The molecule has 0 saturated carbocycles. The number of likely N-dealkylation sites (tertiary alicyclic amines) is 1. The first-order valence-electron chi connectivity index (χ1n) is 11.1. The fourth-order valence-electron chi connectivity index (χ4n) is 4.69. The molecule has 1 N–H and O–H groups in total. The topological polar surface area (TPSA) is 96.8 Å². The van der Waals surface area contributed by atoms with Gasteiger partial charge >= 0.3 is 0 Å². The van der Waals surface area contributed by atoms with Crippen LogP contribution in [0.1, 0.15) is 51.8 Å². The fourth-order valence-corrected chi connectivity index (χ4v) is 5.81. The molecular weight excluding hydrogens is 443 g/mol. The van der Waals surface area contributed by atoms with Crippen molar-refractivity contribution in [3.63, 3.8) is 0 Å². The van der Waals surface area contributed by atoms with Gasteiger partial charge in [0.05, 0.1) is 32.7 Å². The van der Waals surface area contributed by atoms with Crippen LogP contribution in [0, 0.1) is 5.82 Å². The molecule has 0 bridgehead atoms. The number of halogens is 1. The summed E-state index contributed by atoms with van der Waals surface area (Å²) in [6.45, 7) is 1.24. The summed E-state index contributed by atoms with van der Waals surface area (Å²) in [6, 6.07) is 4.69. The highest BCUT2D eigenvalue weighted by Gasteiger charge is 2.27. The lowest BCUT2D eigenvalue weighted by Crippen LogP contribution is -2.37. The molecule has 0 atom stereocenters. The molecule has 1 saturated heterocycles. The van der Waals surface area contributed by atoms with Crippen LogP contribution in [0.5, 0.6) is 0 Å². The van der Waals surface area contributed by atoms with E-state index in [9.17, 15) is 14.0 Å². The molecule has 4 heterocycles. The summed E-state index contributed by atoms with van der Waals surface area (Å²) in [5, 5.41) is 5.26. The molecule has 0 spiro atoms. The Morgan fingerprint density at radius 2 is 2.03 bits per heavy atom. The lowest BCUT2D eigenvalue weighted by molar-refractivity contribution is 0.0713. The Morgan fingerprint density at radius 3 is 2.88 bits per heavy atom. The predicted octanol–water partition coefficient (Wildman–Crippen LogP) is 3.21. The van der Waals surface area contributed by atoms with E-state index < -0.39 is 0 Å². The van der Waals surface area contributed by atoms with Crippen molar-refractivity contribution >= 4 is 27.5 Å². The Morgan fingerprint density at radius 1 is 1.18 bits per heavy atom. The molecule has 2 aliphatic rings. The largest absolute Gasteiger partial charge is 0.339 e. The molecule has 3 aromatic heterocycles. The van der Waals surface area contributed by atoms with E-state index in [0.717, 1.165) is 53.1 Å². The van der Waals surface area contributed by atoms with Crippen molar-refractivity contribution in [2.24, 2.45) is 0 Å². The van der Waals surface area contributed by atoms with Gasteiger partial charge in [-0.25, -0.2) is 19.0 Å². The average Bonchev–Trinajstić information content (AvgIpc) is 3.57. The molecule has 8 nitrogen and oxygen atoms in total. The third kappa shape index (κ3) is 3.64. The zero-order valence-electron chi connectivity index (χ0n) is 17.8. The maximum atomic E-state index is 13.5. The van der Waals surface area contributed by atoms with Gasteiger partial charge in [0.1, 0.15) is 5.82 Å². The molecule has 10 heteroatoms. The van der Waals surface area contributed by atoms with Crippen molar-refractivity contribution in [1.29, 1.82) is 0 Å². The van der Waals surface area contributed by atoms with Crippen LogP contribution >= 0.6 is 11.3 Å². The van der Waals surface area contributed by atoms with Gasteiger partial charge in [-0.3, -0.25) is 14.6 Å². The van der Waals surface area contributed by atoms with Gasteiger partial charge in [0.15, 0.2) is 0 Å². The number of nitrogens with one attached hydrogen (secondary N) is 1. The van der Waals surface area contributed by atoms with Gasteiger partial charge in [-0.15, -0.1) is 11.3 Å². The normalized spacial score (nSPS) is 16.5. The lowest BCUT2D eigenvalue weighted by atomic mass is 9.97. The van der Waals surface area contributed by atoms with Gasteiger partial charge in [-0.2, -0.15) is 5.10 Å². The molecule has 1 aliphatic carbocycles. The maximum Gasteiger partial charge on any atom is 0.257 e. The number of amides is 1. The smallest absolute Gasteiger partial charge is 0.257 e. The number of nitrogens with zero attached hydrogens (tertiary/aromatic N) is 5. The standard InChI is InChI=1S/C23H21FN6O2S/c24-15-4-5-19-18(10-15)26-21(33-19)13-6-8-29(9-7-13)22(32)14-11-25-30(12-14)23-27-17-3-1-2-16(17)20(31)28-23/h4-5,10-13H,1-3,6-9H2,(H,27,28,31). The van der Waals surface area contributed by atoms with E-state index >= 15 is 0 Å². The van der Waals surface area contributed by atoms with E-state index in [1.54, 1.807) is 23.6 Å². The summed E-state index contributed by atoms with van der Waals surface area (Å²) in [6.07, 6.45) is 7.23. The number of carbonyl (C=O) groups excluding carboxylic acids is 1. The van der Waals surface area contributed by atoms with E-state index in [1.807, 2.05) is 4.90 Å². The van der Waals surface area contributed by atoms with E-state index in [2.05, 4.69) is 20.1 Å². The van der Waals surface area contributed by atoms with Gasteiger partial charge in [0, 0.05) is 36.8 Å². The molecule has 6 rings (SSSR count). The summed E-state index contributed by atoms with van der Waals surface area (Å²) in [5.74, 6) is 0.234. The molecule has 4 aromatic rings. The molecule has 1 amide bonds. The van der Waals surface area contributed by atoms with E-state index in [1.165, 1.54) is 23.0 Å². The molecular formula is C23H21FN6O2S. The quantitative estimate of drug-likeness (QED) is 0.502. The van der Waals surface area contributed by atoms with Crippen molar-refractivity contribution < 1.29 is 9.18 Å². The highest BCUT2D eigenvalue weighted by molar-refractivity contribution is 7.18. The second kappa shape index (κ2) is 7.87. The molecule has 0 unspecified atom stereocenters. The summed E-state index contributed by atoms with van der Waals surface area (Å²) >= 11 is 1.60. The Hall–Kier alpha value is -3.40. The molecule has 168 valence electrons. The zero-order valence-corrected chi connectivity index (χ0v) is 18.6. The maximum absolute atomic E-state index is 13.5. The number of rotatable bonds is 3. The number of carbonyl (C=O) groups is 1. The van der Waals surface area contributed by atoms with Crippen LogP contribution < -0.4 is 5.56 Å². The van der Waals surface area contributed by atoms with Crippen LogP contribution in [-0.4, -0.2) is 48.6 Å². The third-order valence-electron chi connectivity index (χ3n) is 6.47. The number of thiazole rings is 1. The first-order valence-corrected chi connectivity index (χ1v) is 11.9. The van der Waals surface area contributed by atoms with Crippen LogP contribution in [0.3, 0.4) is 0 Å². The number of piperidine rings is 1. The summed E-state index contributed by atoms with van der Waals surface area (Å²) in [4.78, 5) is 39.1. The van der Waals surface area contributed by atoms with Crippen LogP contribution in [0.25, 0.3) is 16.2 Å². The summed E-state index contributed by atoms with van der Waals surface area (Å²) in [7, 11) is 0. The van der Waals surface area contributed by atoms with E-state index in [0.29, 0.717) is 30.1 Å². The minimum absolute atomic E-state index is 0.0884. The predicted molar refractivity (Wildman–Crippen MR) is 121 cm³/mol. The van der Waals surface area contributed by atoms with Crippen molar-refractivity contribution in [3.8, 4) is 5.95 Å². The van der Waals surface area contributed by atoms with Gasteiger partial charge in [-0.1, -0.05) is 0 Å². The van der Waals surface area contributed by atoms with Gasteiger partial charge in [-0.05, 0) is 44.2 Å². The Kier molecular flexibility index (Phi) is 4.83. The van der Waals surface area contributed by atoms with Gasteiger partial charge in [0.2, 0.25) is 5.95 Å². The minimum atomic E-state index is -0.278. The number of aromatic amines is 1. The van der Waals surface area contributed by atoms with Crippen LogP contribution in [0.4, 0.5) is 4.39 Å². The number of aromatic nitrogens is 5. The second-order valence-corrected chi connectivity index (χ2v) is 9.63. The number of H-pyrrole nitrogens is 1. The number of hydrogen-bond acceptors (Lipinski definition) is 6. The molecule has 1 aromatic carbocycles. The molecule has 33 heavy (non-hydrogen) atoms. The van der Waals surface area contributed by atoms with Crippen molar-refractivity contribution in [2.75, 3.05) is 13.1 Å². The van der Waals surface area contributed by atoms with Crippen molar-refractivity contribution in [2.45, 2.75) is 38.0 Å². The number of benzene rings is 1. The summed E-state index contributed by atoms with van der Waals surface area (Å²) in [5.41, 5.74) is 2.60. The monoisotopic (exact) mass is 464 g/mol. The van der Waals surface area contributed by atoms with Crippen molar-refractivity contribution in [1.82, 2.24) is 29.6 Å². The van der Waals surface area contributed by atoms with Gasteiger partial charge in [0.25, 0.3) is 11.5 Å². The second-order valence-electron chi connectivity index (χ2n) is 8.57. The highest BCUT2D eigenvalue weighted by atomic mass is 32.1. The van der Waals surface area contributed by atoms with Crippen LogP contribution in [0.15, 0.2) is 35.4 Å².